The fraction of sp³-hybridized carbons (Fsp3) is 0.348. The van der Waals surface area contributed by atoms with Gasteiger partial charge < -0.3 is 15.2 Å². The molecule has 0 amide bonds. The van der Waals surface area contributed by atoms with Gasteiger partial charge in [-0.2, -0.15) is 5.10 Å². The maximum atomic E-state index is 6.09. The van der Waals surface area contributed by atoms with Crippen LogP contribution in [0.4, 0.5) is 10.8 Å². The van der Waals surface area contributed by atoms with Crippen LogP contribution in [-0.4, -0.2) is 28.7 Å². The molecule has 7 nitrogen and oxygen atoms in total. The van der Waals surface area contributed by atoms with E-state index in [-0.39, 0.29) is 12.8 Å². The number of aromatic nitrogens is 2. The van der Waals surface area contributed by atoms with Gasteiger partial charge in [-0.25, -0.2) is 5.01 Å². The Kier molecular flexibility index (Phi) is 5.02. The largest absolute Gasteiger partial charge is 0.454 e. The van der Waals surface area contributed by atoms with Crippen LogP contribution in [0.25, 0.3) is 0 Å². The Hall–Kier alpha value is -3.13. The summed E-state index contributed by atoms with van der Waals surface area (Å²) >= 11 is 1.61. The number of nitrogens with zero attached hydrogens (tertiary/aromatic N) is 4. The average Bonchev–Trinajstić information content (AvgIpc) is 3.37. The molecule has 2 N–H and O–H groups in total. The Morgan fingerprint density at radius 3 is 2.74 bits per heavy atom. The van der Waals surface area contributed by atoms with Crippen LogP contribution < -0.4 is 20.2 Å². The van der Waals surface area contributed by atoms with Crippen molar-refractivity contribution in [3.8, 4) is 11.5 Å². The van der Waals surface area contributed by atoms with Crippen molar-refractivity contribution in [2.45, 2.75) is 46.1 Å². The van der Waals surface area contributed by atoms with Crippen molar-refractivity contribution in [2.24, 2.45) is 5.10 Å². The number of anilines is 2. The minimum Gasteiger partial charge on any atom is -0.454 e. The number of hydrogen-bond acceptors (Lipinski definition) is 8. The molecule has 160 valence electrons. The number of fused-ring (bicyclic) bond motifs is 2. The molecule has 0 saturated heterocycles. The molecule has 3 heterocycles. The number of hydrazone groups is 1. The highest BCUT2D eigenvalue weighted by Gasteiger charge is 2.29. The molecule has 0 spiro atoms. The smallest absolute Gasteiger partial charge is 0.231 e. The zero-order chi connectivity index (χ0) is 21.5. The predicted octanol–water partition coefficient (Wildman–Crippen LogP) is 4.31. The molecule has 1 unspecified atom stereocenters. The third-order valence-corrected chi connectivity index (χ3v) is 6.63. The number of rotatable bonds is 4. The molecule has 3 aromatic rings. The molecule has 5 rings (SSSR count). The van der Waals surface area contributed by atoms with Gasteiger partial charge in [0.2, 0.25) is 11.9 Å². The summed E-state index contributed by atoms with van der Waals surface area (Å²) in [6.07, 6.45) is 2.77. The lowest BCUT2D eigenvalue weighted by atomic mass is 9.93. The quantitative estimate of drug-likeness (QED) is 0.615. The topological polar surface area (TPSA) is 85.9 Å². The minimum atomic E-state index is 0.105. The van der Waals surface area contributed by atoms with Crippen LogP contribution >= 0.6 is 11.3 Å². The maximum absolute atomic E-state index is 6.09. The molecule has 0 radical (unpaired) electrons. The summed E-state index contributed by atoms with van der Waals surface area (Å²) in [7, 11) is 0. The highest BCUT2D eigenvalue weighted by molar-refractivity contribution is 7.15. The summed E-state index contributed by atoms with van der Waals surface area (Å²) < 4.78 is 11.3. The van der Waals surface area contributed by atoms with Crippen molar-refractivity contribution >= 4 is 27.9 Å². The average molecular weight is 436 g/mol. The summed E-state index contributed by atoms with van der Waals surface area (Å²) in [5, 5.41) is 17.8. The van der Waals surface area contributed by atoms with Gasteiger partial charge in [0, 0.05) is 23.2 Å². The number of nitrogen functional groups attached to an aromatic ring is 1. The number of nitrogens with two attached hydrogens (primary N) is 1. The summed E-state index contributed by atoms with van der Waals surface area (Å²) in [5.74, 6) is 1.54. The number of aryl methyl sites for hydroxylation is 2. The second-order valence-electron chi connectivity index (χ2n) is 8.01. The van der Waals surface area contributed by atoms with Crippen LogP contribution in [0.1, 0.15) is 47.5 Å². The van der Waals surface area contributed by atoms with Crippen molar-refractivity contribution in [2.75, 3.05) is 17.5 Å². The van der Waals surface area contributed by atoms with Gasteiger partial charge in [-0.15, -0.1) is 10.2 Å². The molecule has 31 heavy (non-hydrogen) atoms. The SMILES string of the molecule is CCCc1nnc(N2N=C(c3ccc(N)c(C)c3)c3cc4c(cc3CC2C)OCO4)s1. The summed E-state index contributed by atoms with van der Waals surface area (Å²) in [4.78, 5) is 0. The van der Waals surface area contributed by atoms with E-state index >= 15 is 0 Å². The van der Waals surface area contributed by atoms with Gasteiger partial charge in [-0.1, -0.05) is 24.3 Å². The molecular weight excluding hydrogens is 410 g/mol. The highest BCUT2D eigenvalue weighted by Crippen LogP contribution is 2.38. The van der Waals surface area contributed by atoms with E-state index in [4.69, 9.17) is 20.3 Å². The predicted molar refractivity (Wildman–Crippen MR) is 123 cm³/mol. The van der Waals surface area contributed by atoms with Gasteiger partial charge in [0.25, 0.3) is 0 Å². The minimum absolute atomic E-state index is 0.105. The van der Waals surface area contributed by atoms with Crippen LogP contribution in [0.15, 0.2) is 35.4 Å². The lowest BCUT2D eigenvalue weighted by molar-refractivity contribution is 0.174. The Labute approximate surface area is 185 Å². The first-order valence-electron chi connectivity index (χ1n) is 10.5. The lowest BCUT2D eigenvalue weighted by Gasteiger charge is -2.22. The molecule has 2 aliphatic heterocycles. The van der Waals surface area contributed by atoms with E-state index in [1.807, 2.05) is 30.1 Å². The second kappa shape index (κ2) is 7.85. The van der Waals surface area contributed by atoms with E-state index in [1.54, 1.807) is 11.3 Å². The third kappa shape index (κ3) is 3.61. The third-order valence-electron chi connectivity index (χ3n) is 5.65. The number of hydrogen-bond donors (Lipinski definition) is 1. The normalized spacial score (nSPS) is 17.3. The monoisotopic (exact) mass is 435 g/mol. The van der Waals surface area contributed by atoms with Crippen LogP contribution in [0.3, 0.4) is 0 Å². The summed E-state index contributed by atoms with van der Waals surface area (Å²) in [5.41, 5.74) is 12.0. The van der Waals surface area contributed by atoms with E-state index in [2.05, 4.69) is 36.2 Å². The maximum Gasteiger partial charge on any atom is 0.231 e. The fourth-order valence-electron chi connectivity index (χ4n) is 3.96. The van der Waals surface area contributed by atoms with Crippen molar-refractivity contribution < 1.29 is 9.47 Å². The molecule has 0 fully saturated rings. The van der Waals surface area contributed by atoms with Crippen molar-refractivity contribution in [3.63, 3.8) is 0 Å². The van der Waals surface area contributed by atoms with Crippen LogP contribution in [0.2, 0.25) is 0 Å². The highest BCUT2D eigenvalue weighted by atomic mass is 32.1. The van der Waals surface area contributed by atoms with Crippen molar-refractivity contribution in [1.29, 1.82) is 0 Å². The van der Waals surface area contributed by atoms with E-state index in [9.17, 15) is 0 Å². The number of benzene rings is 2. The molecule has 0 bridgehead atoms. The molecule has 8 heteroatoms. The molecule has 0 saturated carbocycles. The van der Waals surface area contributed by atoms with E-state index in [0.717, 1.165) is 69.0 Å². The van der Waals surface area contributed by atoms with E-state index in [1.165, 1.54) is 5.56 Å². The van der Waals surface area contributed by atoms with E-state index < -0.39 is 0 Å². The van der Waals surface area contributed by atoms with Gasteiger partial charge >= 0.3 is 0 Å². The van der Waals surface area contributed by atoms with E-state index in [0.29, 0.717) is 0 Å². The number of ether oxygens (including phenoxy) is 2. The Morgan fingerprint density at radius 1 is 1.16 bits per heavy atom. The molecule has 0 aliphatic carbocycles. The Balaban J connectivity index is 1.67. The van der Waals surface area contributed by atoms with Crippen LogP contribution in [0, 0.1) is 6.92 Å². The van der Waals surface area contributed by atoms with Gasteiger partial charge in [-0.3, -0.25) is 0 Å². The molecule has 2 aliphatic rings. The first-order valence-corrected chi connectivity index (χ1v) is 11.3. The van der Waals surface area contributed by atoms with Gasteiger partial charge in [-0.05, 0) is 62.1 Å². The molecule has 1 aromatic heterocycles. The van der Waals surface area contributed by atoms with Crippen molar-refractivity contribution in [3.05, 3.63) is 57.6 Å². The Bertz CT molecular complexity index is 1170. The van der Waals surface area contributed by atoms with Crippen LogP contribution in [-0.2, 0) is 12.8 Å². The van der Waals surface area contributed by atoms with Gasteiger partial charge in [0.1, 0.15) is 5.01 Å². The Morgan fingerprint density at radius 2 is 1.97 bits per heavy atom. The molecule has 2 aromatic carbocycles. The second-order valence-corrected chi connectivity index (χ2v) is 9.05. The van der Waals surface area contributed by atoms with Crippen molar-refractivity contribution in [1.82, 2.24) is 10.2 Å². The zero-order valence-corrected chi connectivity index (χ0v) is 18.7. The molecular formula is C23H25N5O2S. The summed E-state index contributed by atoms with van der Waals surface area (Å²) in [6.45, 7) is 6.57. The molecule has 1 atom stereocenters. The first-order chi connectivity index (χ1) is 15.0. The lowest BCUT2D eigenvalue weighted by Crippen LogP contribution is -2.29. The fourth-order valence-corrected chi connectivity index (χ4v) is 4.95. The zero-order valence-electron chi connectivity index (χ0n) is 17.9. The van der Waals surface area contributed by atoms with Gasteiger partial charge in [0.15, 0.2) is 11.5 Å². The summed E-state index contributed by atoms with van der Waals surface area (Å²) in [6, 6.07) is 10.3. The van der Waals surface area contributed by atoms with Crippen LogP contribution in [0.5, 0.6) is 11.5 Å². The first kappa shape index (κ1) is 19.8. The van der Waals surface area contributed by atoms with Gasteiger partial charge in [0.05, 0.1) is 11.8 Å². The standard InChI is InChI=1S/C23H25N5O2S/c1-4-5-21-25-26-23(31-21)28-14(3)9-16-10-19-20(30-12-29-19)11-17(16)22(27-28)15-6-7-18(24)13(2)8-15/h6-8,10-11,14H,4-5,9,12,24H2,1-3H3.